The molecule has 1 aromatic rings. The molecule has 0 aliphatic rings. The van der Waals surface area contributed by atoms with Crippen molar-refractivity contribution in [3.05, 3.63) is 69.9 Å². The summed E-state index contributed by atoms with van der Waals surface area (Å²) >= 11 is 0. The van der Waals surface area contributed by atoms with Crippen LogP contribution < -0.4 is 0 Å². The van der Waals surface area contributed by atoms with Crippen LogP contribution in [0.1, 0.15) is 84.3 Å². The molecule has 0 heterocycles. The molecule has 0 saturated carbocycles. The van der Waals surface area contributed by atoms with E-state index in [2.05, 4.69) is 58.9 Å². The van der Waals surface area contributed by atoms with Gasteiger partial charge in [-0.25, -0.2) is 0 Å². The molecule has 0 fully saturated rings. The van der Waals surface area contributed by atoms with E-state index in [0.717, 1.165) is 56.1 Å². The van der Waals surface area contributed by atoms with E-state index in [1.165, 1.54) is 22.3 Å². The van der Waals surface area contributed by atoms with E-state index in [4.69, 9.17) is 0 Å². The van der Waals surface area contributed by atoms with Gasteiger partial charge in [-0.1, -0.05) is 52.7 Å². The average Bonchev–Trinajstić information content (AvgIpc) is 2.65. The van der Waals surface area contributed by atoms with Crippen molar-refractivity contribution < 1.29 is 10.2 Å². The van der Waals surface area contributed by atoms with Crippen LogP contribution >= 0.6 is 0 Å². The Labute approximate surface area is 178 Å². The first kappa shape index (κ1) is 24.8. The minimum Gasteiger partial charge on any atom is -0.504 e. The van der Waals surface area contributed by atoms with Crippen LogP contribution in [0.3, 0.4) is 0 Å². The predicted molar refractivity (Wildman–Crippen MR) is 127 cm³/mol. The minimum atomic E-state index is -0.0505. The third kappa shape index (κ3) is 10.2. The van der Waals surface area contributed by atoms with Crippen molar-refractivity contribution in [1.82, 2.24) is 0 Å². The molecule has 0 aromatic heterocycles. The Morgan fingerprint density at radius 1 is 0.724 bits per heavy atom. The van der Waals surface area contributed by atoms with Gasteiger partial charge in [0.05, 0.1) is 0 Å². The third-order valence-corrected chi connectivity index (χ3v) is 5.35. The van der Waals surface area contributed by atoms with Crippen molar-refractivity contribution in [3.8, 4) is 11.5 Å². The fraction of sp³-hybridized carbons (Fsp3) is 0.481. The Morgan fingerprint density at radius 2 is 1.21 bits per heavy atom. The summed E-state index contributed by atoms with van der Waals surface area (Å²) < 4.78 is 0. The van der Waals surface area contributed by atoms with Gasteiger partial charge in [-0.3, -0.25) is 0 Å². The molecule has 1 rings (SSSR count). The lowest BCUT2D eigenvalue weighted by atomic mass is 10.0. The Hall–Kier alpha value is -2.22. The van der Waals surface area contributed by atoms with Crippen LogP contribution in [-0.2, 0) is 6.42 Å². The molecule has 0 spiro atoms. The van der Waals surface area contributed by atoms with E-state index < -0.39 is 0 Å². The van der Waals surface area contributed by atoms with E-state index >= 15 is 0 Å². The molecular formula is C27H40O2. The topological polar surface area (TPSA) is 40.5 Å². The maximum atomic E-state index is 9.84. The van der Waals surface area contributed by atoms with Crippen molar-refractivity contribution >= 4 is 0 Å². The van der Waals surface area contributed by atoms with Crippen LogP contribution in [0.4, 0.5) is 0 Å². The second-order valence-corrected chi connectivity index (χ2v) is 8.47. The lowest BCUT2D eigenvalue weighted by Crippen LogP contribution is -1.89. The minimum absolute atomic E-state index is 0.00617. The maximum Gasteiger partial charge on any atom is 0.160 e. The number of phenols is 2. The molecule has 0 saturated heterocycles. The summed E-state index contributed by atoms with van der Waals surface area (Å²) in [4.78, 5) is 0. The number of aromatic hydroxyl groups is 2. The zero-order chi connectivity index (χ0) is 21.8. The Bertz CT molecular complexity index is 772. The number of hydrogen-bond acceptors (Lipinski definition) is 2. The molecule has 0 radical (unpaired) electrons. The summed E-state index contributed by atoms with van der Waals surface area (Å²) in [5, 5.41) is 19.4. The summed E-state index contributed by atoms with van der Waals surface area (Å²) in [6.07, 6.45) is 16.8. The van der Waals surface area contributed by atoms with Crippen molar-refractivity contribution in [2.45, 2.75) is 86.5 Å². The van der Waals surface area contributed by atoms with Crippen LogP contribution in [0.5, 0.6) is 11.5 Å². The number of rotatable bonds is 11. The van der Waals surface area contributed by atoms with Gasteiger partial charge in [0.2, 0.25) is 0 Å². The quantitative estimate of drug-likeness (QED) is 0.293. The fourth-order valence-corrected chi connectivity index (χ4v) is 3.22. The lowest BCUT2D eigenvalue weighted by Gasteiger charge is -2.08. The van der Waals surface area contributed by atoms with Crippen molar-refractivity contribution in [3.63, 3.8) is 0 Å². The standard InChI is InChI=1S/C27H40O2/c1-20(2)10-7-11-21(3)12-8-13-22(4)14-9-15-23(5)16-17-25-18-19-26(28)27(29)24(25)6/h10,12,14,16,18-19,28-29H,7-9,11,13,15,17H2,1-6H3. The summed E-state index contributed by atoms with van der Waals surface area (Å²) in [5.41, 5.74) is 7.52. The molecule has 2 heteroatoms. The smallest absolute Gasteiger partial charge is 0.160 e. The molecule has 0 aliphatic heterocycles. The Kier molecular flexibility index (Phi) is 11.2. The third-order valence-electron chi connectivity index (χ3n) is 5.35. The number of allylic oxidation sites excluding steroid dienone is 8. The highest BCUT2D eigenvalue weighted by atomic mass is 16.3. The monoisotopic (exact) mass is 396 g/mol. The summed E-state index contributed by atoms with van der Waals surface area (Å²) in [6, 6.07) is 3.44. The van der Waals surface area contributed by atoms with Gasteiger partial charge in [-0.05, 0) is 104 Å². The first-order chi connectivity index (χ1) is 13.7. The summed E-state index contributed by atoms with van der Waals surface area (Å²) in [5.74, 6) is -0.0566. The van der Waals surface area contributed by atoms with E-state index in [1.54, 1.807) is 6.07 Å². The van der Waals surface area contributed by atoms with Gasteiger partial charge in [0, 0.05) is 0 Å². The highest BCUT2D eigenvalue weighted by molar-refractivity contribution is 5.48. The van der Waals surface area contributed by atoms with Crippen LogP contribution in [0.2, 0.25) is 0 Å². The van der Waals surface area contributed by atoms with E-state index in [9.17, 15) is 10.2 Å². The first-order valence-corrected chi connectivity index (χ1v) is 10.8. The molecule has 0 unspecified atom stereocenters. The fourth-order valence-electron chi connectivity index (χ4n) is 3.22. The zero-order valence-electron chi connectivity index (χ0n) is 19.3. The molecule has 0 bridgehead atoms. The van der Waals surface area contributed by atoms with Gasteiger partial charge in [-0.2, -0.15) is 0 Å². The Morgan fingerprint density at radius 3 is 1.72 bits per heavy atom. The predicted octanol–water partition coefficient (Wildman–Crippen LogP) is 8.09. The molecule has 2 N–H and O–H groups in total. The van der Waals surface area contributed by atoms with Crippen LogP contribution in [0, 0.1) is 6.92 Å². The van der Waals surface area contributed by atoms with Crippen molar-refractivity contribution in [2.75, 3.05) is 0 Å². The first-order valence-electron chi connectivity index (χ1n) is 10.8. The van der Waals surface area contributed by atoms with Gasteiger partial charge < -0.3 is 10.2 Å². The molecule has 2 nitrogen and oxygen atoms in total. The zero-order valence-corrected chi connectivity index (χ0v) is 19.3. The molecular weight excluding hydrogens is 356 g/mol. The van der Waals surface area contributed by atoms with Crippen LogP contribution in [0.25, 0.3) is 0 Å². The number of hydrogen-bond donors (Lipinski definition) is 2. The molecule has 0 atom stereocenters. The van der Waals surface area contributed by atoms with E-state index in [1.807, 2.05) is 13.0 Å². The largest absolute Gasteiger partial charge is 0.504 e. The maximum absolute atomic E-state index is 9.84. The summed E-state index contributed by atoms with van der Waals surface area (Å²) in [7, 11) is 0. The number of benzene rings is 1. The molecule has 0 amide bonds. The lowest BCUT2D eigenvalue weighted by molar-refractivity contribution is 0.400. The SMILES string of the molecule is CC(C)=CCCC(C)=CCCC(C)=CCCC(C)=CCc1ccc(O)c(O)c1C. The van der Waals surface area contributed by atoms with Gasteiger partial charge >= 0.3 is 0 Å². The highest BCUT2D eigenvalue weighted by Gasteiger charge is 2.06. The van der Waals surface area contributed by atoms with E-state index in [0.29, 0.717) is 0 Å². The second-order valence-electron chi connectivity index (χ2n) is 8.47. The number of phenolic OH excluding ortho intramolecular Hbond substituents is 2. The van der Waals surface area contributed by atoms with Gasteiger partial charge in [0.25, 0.3) is 0 Å². The second kappa shape index (κ2) is 13.1. The average molecular weight is 397 g/mol. The normalized spacial score (nSPS) is 13.0. The highest BCUT2D eigenvalue weighted by Crippen LogP contribution is 2.31. The van der Waals surface area contributed by atoms with Crippen molar-refractivity contribution in [2.24, 2.45) is 0 Å². The summed E-state index contributed by atoms with van der Waals surface area (Å²) in [6.45, 7) is 12.8. The van der Waals surface area contributed by atoms with Gasteiger partial charge in [0.15, 0.2) is 11.5 Å². The van der Waals surface area contributed by atoms with Gasteiger partial charge in [-0.15, -0.1) is 0 Å². The van der Waals surface area contributed by atoms with Crippen LogP contribution in [0.15, 0.2) is 58.7 Å². The molecule has 160 valence electrons. The molecule has 0 aliphatic carbocycles. The van der Waals surface area contributed by atoms with Gasteiger partial charge in [0.1, 0.15) is 0 Å². The molecule has 1 aromatic carbocycles. The van der Waals surface area contributed by atoms with Crippen molar-refractivity contribution in [1.29, 1.82) is 0 Å². The van der Waals surface area contributed by atoms with Crippen LogP contribution in [-0.4, -0.2) is 10.2 Å². The molecule has 29 heavy (non-hydrogen) atoms. The van der Waals surface area contributed by atoms with E-state index in [-0.39, 0.29) is 11.5 Å². The Balaban J connectivity index is 2.39.